The third kappa shape index (κ3) is 12.1. The fourth-order valence-electron chi connectivity index (χ4n) is 5.21. The van der Waals surface area contributed by atoms with Gasteiger partial charge >= 0.3 is 18.0 Å². The van der Waals surface area contributed by atoms with Crippen LogP contribution in [0.5, 0.6) is 23.0 Å². The van der Waals surface area contributed by atoms with Crippen molar-refractivity contribution in [3.8, 4) is 23.0 Å². The number of esters is 2. The van der Waals surface area contributed by atoms with Crippen molar-refractivity contribution in [2.75, 3.05) is 40.6 Å². The number of rotatable bonds is 20. The number of alkyl carbamates (subject to hydrolysis) is 1. The molecule has 0 bridgehead atoms. The quantitative estimate of drug-likeness (QED) is 0.0393. The maximum absolute atomic E-state index is 15.9. The van der Waals surface area contributed by atoms with Crippen LogP contribution in [0.25, 0.3) is 20.2 Å². The van der Waals surface area contributed by atoms with E-state index in [1.165, 1.54) is 38.5 Å². The second-order valence-electron chi connectivity index (χ2n) is 13.7. The van der Waals surface area contributed by atoms with Crippen LogP contribution in [0.15, 0.2) is 36.4 Å². The van der Waals surface area contributed by atoms with E-state index in [0.717, 1.165) is 22.7 Å². The van der Waals surface area contributed by atoms with Crippen LogP contribution in [0.2, 0.25) is 0 Å². The molecule has 0 saturated carbocycles. The smallest absolute Gasteiger partial charge is 0.407 e. The summed E-state index contributed by atoms with van der Waals surface area (Å²) >= 11 is 2.08. The number of ketones is 2. The van der Waals surface area contributed by atoms with E-state index in [1.54, 1.807) is 34.6 Å². The van der Waals surface area contributed by atoms with Crippen LogP contribution in [0.3, 0.4) is 0 Å². The highest BCUT2D eigenvalue weighted by molar-refractivity contribution is 7.21. The molecule has 0 unspecified atom stereocenters. The van der Waals surface area contributed by atoms with Crippen LogP contribution in [-0.4, -0.2) is 81.9 Å². The molecule has 0 aliphatic heterocycles. The molecule has 1 amide bonds. The van der Waals surface area contributed by atoms with E-state index in [4.69, 9.17) is 33.2 Å². The van der Waals surface area contributed by atoms with Crippen molar-refractivity contribution in [1.29, 1.82) is 0 Å². The number of hydrogen-bond acceptors (Lipinski definition) is 14. The van der Waals surface area contributed by atoms with Gasteiger partial charge in [0.2, 0.25) is 0 Å². The Morgan fingerprint density at radius 2 is 1.25 bits per heavy atom. The number of nitrogens with one attached hydrogen (secondary N) is 1. The van der Waals surface area contributed by atoms with E-state index in [-0.39, 0.29) is 101 Å². The molecular weight excluding hydrogens is 789 g/mol. The Bertz CT molecular complexity index is 2150. The topological polar surface area (TPSA) is 162 Å². The minimum absolute atomic E-state index is 0.0172. The molecule has 308 valence electrons. The van der Waals surface area contributed by atoms with Crippen LogP contribution in [0, 0.1) is 11.6 Å². The maximum Gasteiger partial charge on any atom is 0.407 e. The van der Waals surface area contributed by atoms with Crippen molar-refractivity contribution < 1.29 is 65.9 Å². The Hall–Kier alpha value is -5.29. The number of thiophene rings is 2. The molecule has 2 aromatic heterocycles. The van der Waals surface area contributed by atoms with E-state index in [2.05, 4.69) is 11.9 Å². The molecule has 13 nitrogen and oxygen atoms in total. The summed E-state index contributed by atoms with van der Waals surface area (Å²) in [7, 11) is 2.67. The minimum Gasteiger partial charge on any atom is -0.493 e. The number of hydrogen-bond donors (Lipinski definition) is 1. The lowest BCUT2D eigenvalue weighted by Gasteiger charge is -2.20. The highest BCUT2D eigenvalue weighted by atomic mass is 32.1. The van der Waals surface area contributed by atoms with Crippen molar-refractivity contribution in [2.45, 2.75) is 72.0 Å². The second kappa shape index (κ2) is 19.7. The first-order valence-electron chi connectivity index (χ1n) is 17.8. The third-order valence-corrected chi connectivity index (χ3v) is 10.1. The summed E-state index contributed by atoms with van der Waals surface area (Å²) in [6.45, 7) is 12.0. The first-order valence-corrected chi connectivity index (χ1v) is 19.5. The van der Waals surface area contributed by atoms with Gasteiger partial charge in [0.15, 0.2) is 46.2 Å². The standard InChI is InChI=1S/C40H45F2NO12S2/c1-9-51-33(46)12-10-25(44)31-14-23-29(56-31)16-27(49-7)37(35(23)41)52-19-21(2)20-53-38-28(50-8)17-30-24(36(38)42)15-32(57-30)26(45)11-13-34(47)54-22(3)18-43-39(48)55-40(4,5)6/h14-17,22H,2,9-13,18-20H2,1,3-8H3,(H,43,48)/t22-/m0/s1. The van der Waals surface area contributed by atoms with Crippen LogP contribution in [0.1, 0.15) is 79.6 Å². The van der Waals surface area contributed by atoms with Crippen molar-refractivity contribution in [1.82, 2.24) is 5.32 Å². The molecule has 0 aliphatic rings. The summed E-state index contributed by atoms with van der Waals surface area (Å²) in [6, 6.07) is 5.83. The van der Waals surface area contributed by atoms with Gasteiger partial charge in [0, 0.05) is 45.1 Å². The number of benzene rings is 2. The molecule has 0 saturated heterocycles. The third-order valence-electron chi connectivity index (χ3n) is 7.88. The molecule has 0 spiro atoms. The van der Waals surface area contributed by atoms with Crippen molar-refractivity contribution in [3.05, 3.63) is 57.8 Å². The Morgan fingerprint density at radius 1 is 0.772 bits per heavy atom. The van der Waals surface area contributed by atoms with Crippen LogP contribution in [-0.2, 0) is 23.8 Å². The lowest BCUT2D eigenvalue weighted by molar-refractivity contribution is -0.148. The van der Waals surface area contributed by atoms with Gasteiger partial charge < -0.3 is 38.5 Å². The molecule has 17 heteroatoms. The molecule has 57 heavy (non-hydrogen) atoms. The van der Waals surface area contributed by atoms with Crippen LogP contribution < -0.4 is 24.3 Å². The average molecular weight is 834 g/mol. The van der Waals surface area contributed by atoms with Gasteiger partial charge in [-0.05, 0) is 52.3 Å². The number of fused-ring (bicyclic) bond motifs is 2. The summed E-state index contributed by atoms with van der Waals surface area (Å²) in [5, 5.41) is 2.74. The first kappa shape index (κ1) is 44.4. The van der Waals surface area contributed by atoms with Gasteiger partial charge in [0.25, 0.3) is 0 Å². The fourth-order valence-corrected chi connectivity index (χ4v) is 7.32. The predicted octanol–water partition coefficient (Wildman–Crippen LogP) is 8.37. The number of carbonyl (C=O) groups excluding carboxylic acids is 5. The molecule has 2 heterocycles. The second-order valence-corrected chi connectivity index (χ2v) is 15.8. The molecular formula is C40H45F2NO12S2. The van der Waals surface area contributed by atoms with Gasteiger partial charge in [-0.3, -0.25) is 19.2 Å². The van der Waals surface area contributed by atoms with E-state index in [1.807, 2.05) is 0 Å². The number of carbonyl (C=O) groups is 5. The molecule has 2 aromatic carbocycles. The SMILES string of the molecule is C=C(COc1c(OC)cc2sc(C(=O)CCC(=O)OCC)cc2c1F)COc1c(OC)cc2sc(C(=O)CCC(=O)O[C@@H](C)CNC(=O)OC(C)(C)C)cc2c1F. The summed E-state index contributed by atoms with van der Waals surface area (Å²) in [4.78, 5) is 62.1. The molecule has 0 fully saturated rings. The van der Waals surface area contributed by atoms with Gasteiger partial charge in [-0.15, -0.1) is 22.7 Å². The first-order chi connectivity index (χ1) is 26.9. The Balaban J connectivity index is 1.36. The normalized spacial score (nSPS) is 11.8. The zero-order chi connectivity index (χ0) is 42.0. The lowest BCUT2D eigenvalue weighted by Crippen LogP contribution is -2.37. The lowest BCUT2D eigenvalue weighted by atomic mass is 10.1. The number of ether oxygens (including phenoxy) is 7. The van der Waals surface area contributed by atoms with Crippen molar-refractivity contribution in [3.63, 3.8) is 0 Å². The van der Waals surface area contributed by atoms with Crippen LogP contribution >= 0.6 is 22.7 Å². The van der Waals surface area contributed by atoms with Gasteiger partial charge in [-0.25, -0.2) is 13.6 Å². The highest BCUT2D eigenvalue weighted by Gasteiger charge is 2.24. The predicted molar refractivity (Wildman–Crippen MR) is 210 cm³/mol. The molecule has 1 N–H and O–H groups in total. The molecule has 4 aromatic rings. The Morgan fingerprint density at radius 3 is 1.68 bits per heavy atom. The summed E-state index contributed by atoms with van der Waals surface area (Å²) in [5.74, 6) is -3.79. The summed E-state index contributed by atoms with van der Waals surface area (Å²) < 4.78 is 69.9. The van der Waals surface area contributed by atoms with Crippen molar-refractivity contribution >= 4 is 72.4 Å². The maximum atomic E-state index is 15.9. The largest absolute Gasteiger partial charge is 0.493 e. The summed E-state index contributed by atoms with van der Waals surface area (Å²) in [5.41, 5.74) is -0.389. The fraction of sp³-hybridized carbons (Fsp3) is 0.425. The summed E-state index contributed by atoms with van der Waals surface area (Å²) in [6.07, 6.45) is -1.93. The number of halogens is 2. The molecule has 0 aliphatic carbocycles. The monoisotopic (exact) mass is 833 g/mol. The highest BCUT2D eigenvalue weighted by Crippen LogP contribution is 2.42. The van der Waals surface area contributed by atoms with Crippen molar-refractivity contribution in [2.24, 2.45) is 0 Å². The molecule has 4 rings (SSSR count). The molecule has 1 atom stereocenters. The Kier molecular flexibility index (Phi) is 15.4. The average Bonchev–Trinajstić information content (AvgIpc) is 3.79. The van der Waals surface area contributed by atoms with E-state index >= 15 is 8.78 Å². The number of methoxy groups -OCH3 is 2. The zero-order valence-electron chi connectivity index (χ0n) is 32.7. The zero-order valence-corrected chi connectivity index (χ0v) is 34.4. The van der Waals surface area contributed by atoms with Crippen LogP contribution in [0.4, 0.5) is 13.6 Å². The van der Waals surface area contributed by atoms with E-state index in [0.29, 0.717) is 15.0 Å². The van der Waals surface area contributed by atoms with Gasteiger partial charge in [-0.2, -0.15) is 0 Å². The minimum atomic E-state index is -0.790. The number of Topliss-reactive ketones (excluding diaryl/α,β-unsaturated/α-hetero) is 2. The molecule has 0 radical (unpaired) electrons. The Labute approximate surface area is 336 Å². The number of amides is 1. The van der Waals surface area contributed by atoms with Gasteiger partial charge in [0.1, 0.15) is 24.9 Å². The van der Waals surface area contributed by atoms with E-state index < -0.39 is 47.2 Å². The van der Waals surface area contributed by atoms with E-state index in [9.17, 15) is 24.0 Å². The van der Waals surface area contributed by atoms with Gasteiger partial charge in [0.05, 0.1) is 50.0 Å². The van der Waals surface area contributed by atoms with Gasteiger partial charge in [-0.1, -0.05) is 6.58 Å².